The highest BCUT2D eigenvalue weighted by atomic mass is 32.2. The average Bonchev–Trinajstić information content (AvgIpc) is 2.71. The summed E-state index contributed by atoms with van der Waals surface area (Å²) >= 11 is 0. The van der Waals surface area contributed by atoms with Gasteiger partial charge < -0.3 is 5.32 Å². The van der Waals surface area contributed by atoms with Crippen LogP contribution in [0.25, 0.3) is 0 Å². The van der Waals surface area contributed by atoms with Gasteiger partial charge in [-0.15, -0.1) is 0 Å². The van der Waals surface area contributed by atoms with E-state index >= 15 is 0 Å². The first kappa shape index (κ1) is 22.3. The monoisotopic (exact) mass is 441 g/mol. The fourth-order valence-electron chi connectivity index (χ4n) is 3.15. The van der Waals surface area contributed by atoms with Crippen molar-refractivity contribution in [2.24, 2.45) is 0 Å². The lowest BCUT2D eigenvalue weighted by Gasteiger charge is -2.33. The summed E-state index contributed by atoms with van der Waals surface area (Å²) < 4.78 is 67.1. The predicted octanol–water partition coefficient (Wildman–Crippen LogP) is 2.04. The van der Waals surface area contributed by atoms with Crippen molar-refractivity contribution in [3.8, 4) is 0 Å². The van der Waals surface area contributed by atoms with Gasteiger partial charge in [0.2, 0.25) is 15.9 Å². The molecule has 2 aromatic rings. The Balaban J connectivity index is 1.52. The van der Waals surface area contributed by atoms with Crippen LogP contribution in [0.3, 0.4) is 0 Å². The quantitative estimate of drug-likeness (QED) is 0.745. The van der Waals surface area contributed by atoms with Crippen LogP contribution in [0.5, 0.6) is 0 Å². The maximum Gasteiger partial charge on any atom is 0.246 e. The zero-order valence-electron chi connectivity index (χ0n) is 16.4. The van der Waals surface area contributed by atoms with Crippen molar-refractivity contribution < 1.29 is 26.4 Å². The Morgan fingerprint density at radius 1 is 1.00 bits per heavy atom. The van der Waals surface area contributed by atoms with Crippen LogP contribution in [-0.2, 0) is 21.4 Å². The van der Waals surface area contributed by atoms with Crippen molar-refractivity contribution in [2.45, 2.75) is 18.4 Å². The molecule has 10 heteroatoms. The Hall–Kier alpha value is -2.43. The first-order valence-corrected chi connectivity index (χ1v) is 10.8. The summed E-state index contributed by atoms with van der Waals surface area (Å²) in [5, 5.41) is 2.70. The van der Waals surface area contributed by atoms with Gasteiger partial charge in [-0.25, -0.2) is 21.6 Å². The highest BCUT2D eigenvalue weighted by molar-refractivity contribution is 7.89. The summed E-state index contributed by atoms with van der Waals surface area (Å²) in [6, 6.07) is 7.04. The predicted molar refractivity (Wildman–Crippen MR) is 105 cm³/mol. The van der Waals surface area contributed by atoms with Crippen molar-refractivity contribution >= 4 is 15.9 Å². The molecule has 0 aromatic heterocycles. The number of nitrogens with zero attached hydrogens (tertiary/aromatic N) is 2. The molecule has 0 bridgehead atoms. The number of sulfonamides is 1. The SMILES string of the molecule is Cc1ccc(CNC(=O)CN2CCN(S(=O)(=O)c3cc(F)ccc3F)CC2)cc1F. The van der Waals surface area contributed by atoms with E-state index in [2.05, 4.69) is 5.32 Å². The Morgan fingerprint density at radius 2 is 1.70 bits per heavy atom. The summed E-state index contributed by atoms with van der Waals surface area (Å²) in [4.78, 5) is 13.2. The lowest BCUT2D eigenvalue weighted by molar-refractivity contribution is -0.122. The molecule has 2 aromatic carbocycles. The number of carbonyl (C=O) groups is 1. The van der Waals surface area contributed by atoms with Crippen LogP contribution in [-0.4, -0.2) is 56.3 Å². The largest absolute Gasteiger partial charge is 0.351 e. The van der Waals surface area contributed by atoms with Crippen molar-refractivity contribution in [1.82, 2.24) is 14.5 Å². The fourth-order valence-corrected chi connectivity index (χ4v) is 4.65. The van der Waals surface area contributed by atoms with Crippen LogP contribution in [0.4, 0.5) is 13.2 Å². The highest BCUT2D eigenvalue weighted by Crippen LogP contribution is 2.21. The molecule has 1 heterocycles. The van der Waals surface area contributed by atoms with Gasteiger partial charge in [0.25, 0.3) is 0 Å². The number of hydrogen-bond acceptors (Lipinski definition) is 4. The Labute approximate surface area is 173 Å². The smallest absolute Gasteiger partial charge is 0.246 e. The molecule has 1 N–H and O–H groups in total. The molecule has 0 atom stereocenters. The van der Waals surface area contributed by atoms with Crippen molar-refractivity contribution in [1.29, 1.82) is 0 Å². The molecule has 0 spiro atoms. The minimum Gasteiger partial charge on any atom is -0.351 e. The molecule has 0 saturated carbocycles. The number of carbonyl (C=O) groups excluding carboxylic acids is 1. The molecule has 1 fully saturated rings. The summed E-state index contributed by atoms with van der Waals surface area (Å²) in [5.41, 5.74) is 1.16. The third-order valence-corrected chi connectivity index (χ3v) is 6.85. The molecule has 1 amide bonds. The van der Waals surface area contributed by atoms with Gasteiger partial charge in [0.05, 0.1) is 6.54 Å². The van der Waals surface area contributed by atoms with Gasteiger partial charge in [-0.1, -0.05) is 12.1 Å². The highest BCUT2D eigenvalue weighted by Gasteiger charge is 2.31. The first-order chi connectivity index (χ1) is 14.2. The average molecular weight is 441 g/mol. The van der Waals surface area contributed by atoms with Gasteiger partial charge >= 0.3 is 0 Å². The zero-order chi connectivity index (χ0) is 21.9. The summed E-state index contributed by atoms with van der Waals surface area (Å²) in [6.07, 6.45) is 0. The molecule has 0 aliphatic carbocycles. The molecule has 6 nitrogen and oxygen atoms in total. The van der Waals surface area contributed by atoms with E-state index in [4.69, 9.17) is 0 Å². The number of benzene rings is 2. The molecule has 162 valence electrons. The van der Waals surface area contributed by atoms with Crippen LogP contribution in [0.1, 0.15) is 11.1 Å². The second-order valence-electron chi connectivity index (χ2n) is 7.12. The Kier molecular flexibility index (Phi) is 6.79. The van der Waals surface area contributed by atoms with Crippen molar-refractivity contribution in [2.75, 3.05) is 32.7 Å². The number of amides is 1. The fraction of sp³-hybridized carbons (Fsp3) is 0.350. The minimum absolute atomic E-state index is 0.0503. The molecule has 0 unspecified atom stereocenters. The summed E-state index contributed by atoms with van der Waals surface area (Å²) in [6.45, 7) is 2.52. The summed E-state index contributed by atoms with van der Waals surface area (Å²) in [7, 11) is -4.17. The van der Waals surface area contributed by atoms with E-state index in [-0.39, 0.29) is 51.0 Å². The molecule has 0 radical (unpaired) electrons. The van der Waals surface area contributed by atoms with E-state index in [1.54, 1.807) is 24.0 Å². The van der Waals surface area contributed by atoms with E-state index in [0.29, 0.717) is 17.2 Å². The van der Waals surface area contributed by atoms with Crippen LogP contribution in [0, 0.1) is 24.4 Å². The lowest BCUT2D eigenvalue weighted by Crippen LogP contribution is -2.51. The number of aryl methyl sites for hydroxylation is 1. The Bertz CT molecular complexity index is 1040. The number of nitrogens with one attached hydrogen (secondary N) is 1. The van der Waals surface area contributed by atoms with Crippen LogP contribution in [0.2, 0.25) is 0 Å². The molecule has 1 aliphatic rings. The van der Waals surface area contributed by atoms with Crippen molar-refractivity contribution in [3.05, 3.63) is 65.0 Å². The number of piperazine rings is 1. The topological polar surface area (TPSA) is 69.7 Å². The third-order valence-electron chi connectivity index (χ3n) is 4.94. The van der Waals surface area contributed by atoms with Crippen LogP contribution in [0.15, 0.2) is 41.3 Å². The van der Waals surface area contributed by atoms with Crippen LogP contribution < -0.4 is 5.32 Å². The number of hydrogen-bond donors (Lipinski definition) is 1. The van der Waals surface area contributed by atoms with Gasteiger partial charge in [-0.2, -0.15) is 4.31 Å². The van der Waals surface area contributed by atoms with Crippen molar-refractivity contribution in [3.63, 3.8) is 0 Å². The lowest BCUT2D eigenvalue weighted by atomic mass is 10.1. The van der Waals surface area contributed by atoms with Crippen LogP contribution >= 0.6 is 0 Å². The second kappa shape index (κ2) is 9.15. The second-order valence-corrected chi connectivity index (χ2v) is 9.02. The van der Waals surface area contributed by atoms with E-state index < -0.39 is 26.6 Å². The molecule has 1 aliphatic heterocycles. The van der Waals surface area contributed by atoms with E-state index in [1.807, 2.05) is 0 Å². The standard InChI is InChI=1S/C20H22F3N3O3S/c1-14-2-3-15(10-18(14)23)12-24-20(27)13-25-6-8-26(9-7-25)30(28,29)19-11-16(21)4-5-17(19)22/h2-5,10-11H,6-9,12-13H2,1H3,(H,24,27). The van der Waals surface area contributed by atoms with E-state index in [0.717, 1.165) is 16.4 Å². The van der Waals surface area contributed by atoms with E-state index in [1.165, 1.54) is 6.07 Å². The first-order valence-electron chi connectivity index (χ1n) is 9.36. The van der Waals surface area contributed by atoms with Gasteiger partial charge in [-0.3, -0.25) is 9.69 Å². The maximum absolute atomic E-state index is 13.9. The Morgan fingerprint density at radius 3 is 2.37 bits per heavy atom. The molecular formula is C20H22F3N3O3S. The van der Waals surface area contributed by atoms with Gasteiger partial charge in [0.15, 0.2) is 0 Å². The minimum atomic E-state index is -4.17. The van der Waals surface area contributed by atoms with Gasteiger partial charge in [-0.05, 0) is 42.3 Å². The normalized spacial score (nSPS) is 15.9. The third kappa shape index (κ3) is 5.18. The maximum atomic E-state index is 13.9. The van der Waals surface area contributed by atoms with Gasteiger partial charge in [0.1, 0.15) is 22.3 Å². The number of rotatable bonds is 6. The molecular weight excluding hydrogens is 419 g/mol. The molecule has 1 saturated heterocycles. The summed E-state index contributed by atoms with van der Waals surface area (Å²) in [5.74, 6) is -2.46. The van der Waals surface area contributed by atoms with E-state index in [9.17, 15) is 26.4 Å². The molecule has 30 heavy (non-hydrogen) atoms. The zero-order valence-corrected chi connectivity index (χ0v) is 17.2. The van der Waals surface area contributed by atoms with Gasteiger partial charge in [0, 0.05) is 32.7 Å². The molecule has 3 rings (SSSR count). The number of halogens is 3.